The van der Waals surface area contributed by atoms with Gasteiger partial charge in [0.2, 0.25) is 10.0 Å². The van der Waals surface area contributed by atoms with Crippen molar-refractivity contribution in [1.29, 1.82) is 0 Å². The summed E-state index contributed by atoms with van der Waals surface area (Å²) in [4.78, 5) is 17.5. The summed E-state index contributed by atoms with van der Waals surface area (Å²) in [6, 6.07) is 5.99. The minimum atomic E-state index is -5.14. The lowest BCUT2D eigenvalue weighted by atomic mass is 9.93. The van der Waals surface area contributed by atoms with Gasteiger partial charge >= 0.3 is 18.4 Å². The predicted molar refractivity (Wildman–Crippen MR) is 206 cm³/mol. The van der Waals surface area contributed by atoms with Crippen LogP contribution in [0.3, 0.4) is 0 Å². The summed E-state index contributed by atoms with van der Waals surface area (Å²) in [5.41, 5.74) is -4.96. The molecule has 1 fully saturated rings. The van der Waals surface area contributed by atoms with Crippen LogP contribution in [0.15, 0.2) is 42.5 Å². The number of alkyl halides is 8. The number of ether oxygens (including phenoxy) is 1. The summed E-state index contributed by atoms with van der Waals surface area (Å²) in [6.45, 7) is 3.35. The first kappa shape index (κ1) is 45.5. The molecule has 1 unspecified atom stereocenters. The number of pyridine rings is 1. The number of halogens is 10. The fraction of sp³-hybridized carbons (Fsp3) is 0.436. The number of sulfonamides is 1. The number of benzene rings is 2. The second kappa shape index (κ2) is 15.6. The van der Waals surface area contributed by atoms with Crippen LogP contribution in [-0.4, -0.2) is 68.4 Å². The molecule has 0 aliphatic heterocycles. The van der Waals surface area contributed by atoms with Gasteiger partial charge in [0, 0.05) is 34.1 Å². The number of hydrogen-bond acceptors (Lipinski definition) is 9. The van der Waals surface area contributed by atoms with Crippen molar-refractivity contribution in [3.05, 3.63) is 87.9 Å². The zero-order chi connectivity index (χ0) is 46.4. The number of nitrogens with zero attached hydrogens (tertiary/aromatic N) is 5. The van der Waals surface area contributed by atoms with Crippen LogP contribution in [0.4, 0.5) is 60.3 Å². The first-order valence-electron chi connectivity index (χ1n) is 19.0. The van der Waals surface area contributed by atoms with E-state index in [0.717, 1.165) is 18.4 Å². The number of rotatable bonds is 12. The van der Waals surface area contributed by atoms with E-state index in [9.17, 15) is 53.4 Å². The van der Waals surface area contributed by atoms with Gasteiger partial charge < -0.3 is 9.84 Å². The molecule has 24 heteroatoms. The van der Waals surface area contributed by atoms with Gasteiger partial charge in [0.1, 0.15) is 41.5 Å². The van der Waals surface area contributed by atoms with Crippen molar-refractivity contribution in [2.24, 2.45) is 5.92 Å². The predicted octanol–water partition coefficient (Wildman–Crippen LogP) is 8.28. The number of nitrogens with one attached hydrogen (secondary N) is 3. The molecule has 63 heavy (non-hydrogen) atoms. The maximum atomic E-state index is 15.5. The van der Waals surface area contributed by atoms with E-state index in [0.29, 0.717) is 15.4 Å². The summed E-state index contributed by atoms with van der Waals surface area (Å²) < 4.78 is 178. The number of anilines is 2. The highest BCUT2D eigenvalue weighted by atomic mass is 32.2. The molecule has 2 aliphatic carbocycles. The third-order valence-corrected chi connectivity index (χ3v) is 10.8. The monoisotopic (exact) mass is 920 g/mol. The normalized spacial score (nSPS) is 18.2. The molecule has 7 rings (SSSR count). The molecule has 1 saturated carbocycles. The Bertz CT molecular complexity index is 2710. The minimum Gasteiger partial charge on any atom is -0.444 e. The molecule has 340 valence electrons. The van der Waals surface area contributed by atoms with Gasteiger partial charge in [0.25, 0.3) is 5.92 Å². The van der Waals surface area contributed by atoms with Gasteiger partial charge in [-0.25, -0.2) is 27.0 Å². The SMILES string of the molecule is Cc1ccc(-c2ccc(NC(=O)OC(C)(C)C)nc2[C@H](Cc2cc(F)cc(F)c2)NC(O)Cn2nc(C(F)(F)F)c3c2C(F)(F)[C@@H]2C[C@H]32)c2c1c(NS(C)(=O)=O)nn2CC(F)(F)F. The smallest absolute Gasteiger partial charge is 0.435 e. The topological polar surface area (TPSA) is 165 Å². The Balaban J connectivity index is 1.42. The molecule has 13 nitrogen and oxygen atoms in total. The van der Waals surface area contributed by atoms with Crippen molar-refractivity contribution >= 4 is 38.7 Å². The van der Waals surface area contributed by atoms with Gasteiger partial charge in [0.15, 0.2) is 11.5 Å². The highest BCUT2D eigenvalue weighted by Crippen LogP contribution is 2.68. The largest absolute Gasteiger partial charge is 0.444 e. The summed E-state index contributed by atoms with van der Waals surface area (Å²) in [5, 5.41) is 23.9. The van der Waals surface area contributed by atoms with Crippen molar-refractivity contribution in [2.75, 3.05) is 16.3 Å². The molecule has 0 bridgehead atoms. The number of aliphatic hydroxyl groups excluding tert-OH is 1. The van der Waals surface area contributed by atoms with Gasteiger partial charge in [-0.15, -0.1) is 0 Å². The average molecular weight is 921 g/mol. The van der Waals surface area contributed by atoms with Crippen LogP contribution in [0.25, 0.3) is 22.0 Å². The maximum absolute atomic E-state index is 15.5. The number of amides is 1. The summed E-state index contributed by atoms with van der Waals surface area (Å²) >= 11 is 0. The van der Waals surface area contributed by atoms with Gasteiger partial charge in [0.05, 0.1) is 30.1 Å². The van der Waals surface area contributed by atoms with Gasteiger partial charge in [-0.2, -0.15) is 45.3 Å². The number of hydrogen-bond donors (Lipinski definition) is 4. The maximum Gasteiger partial charge on any atom is 0.435 e. The van der Waals surface area contributed by atoms with Crippen molar-refractivity contribution in [2.45, 2.75) is 95.7 Å². The van der Waals surface area contributed by atoms with Crippen molar-refractivity contribution < 1.29 is 67.0 Å². The lowest BCUT2D eigenvalue weighted by Crippen LogP contribution is -2.39. The Morgan fingerprint density at radius 2 is 1.63 bits per heavy atom. The number of aryl methyl sites for hydroxylation is 1. The number of fused-ring (bicyclic) bond motifs is 4. The molecule has 2 aromatic carbocycles. The average Bonchev–Trinajstić information content (AvgIpc) is 3.63. The van der Waals surface area contributed by atoms with E-state index in [1.807, 2.05) is 0 Å². The molecule has 0 spiro atoms. The van der Waals surface area contributed by atoms with E-state index in [1.165, 1.54) is 31.2 Å². The zero-order valence-electron chi connectivity index (χ0n) is 33.7. The number of carbonyl (C=O) groups is 1. The van der Waals surface area contributed by atoms with Crippen molar-refractivity contribution in [3.8, 4) is 11.1 Å². The fourth-order valence-corrected chi connectivity index (χ4v) is 8.43. The Labute approximate surface area is 351 Å². The lowest BCUT2D eigenvalue weighted by Gasteiger charge is -2.26. The molecule has 5 aromatic rings. The third kappa shape index (κ3) is 9.71. The number of aliphatic hydroxyl groups is 1. The summed E-state index contributed by atoms with van der Waals surface area (Å²) in [7, 11) is -4.13. The van der Waals surface area contributed by atoms with E-state index in [2.05, 4.69) is 30.5 Å². The van der Waals surface area contributed by atoms with Crippen LogP contribution in [0.5, 0.6) is 0 Å². The molecule has 0 radical (unpaired) electrons. The van der Waals surface area contributed by atoms with Crippen LogP contribution < -0.4 is 15.4 Å². The Hall–Kier alpha value is -5.49. The zero-order valence-corrected chi connectivity index (χ0v) is 34.5. The molecule has 3 heterocycles. The molecular formula is C39H38F10N8O5S. The van der Waals surface area contributed by atoms with Crippen molar-refractivity contribution in [1.82, 2.24) is 29.9 Å². The number of aromatic nitrogens is 5. The van der Waals surface area contributed by atoms with Crippen LogP contribution >= 0.6 is 0 Å². The Morgan fingerprint density at radius 3 is 2.24 bits per heavy atom. The first-order chi connectivity index (χ1) is 29.0. The van der Waals surface area contributed by atoms with E-state index >= 15 is 8.78 Å². The Kier molecular flexibility index (Phi) is 11.3. The lowest BCUT2D eigenvalue weighted by molar-refractivity contribution is -0.142. The van der Waals surface area contributed by atoms with E-state index in [-0.39, 0.29) is 51.1 Å². The molecular weight excluding hydrogens is 883 g/mol. The molecule has 2 aliphatic rings. The quantitative estimate of drug-likeness (QED) is 0.0712. The van der Waals surface area contributed by atoms with Crippen LogP contribution in [0.1, 0.15) is 72.9 Å². The second-order valence-corrected chi connectivity index (χ2v) is 18.2. The standard InChI is InChI=1S/C39H38F10N8O5S/c1-17-6-7-22(31-28(17)34(55-63(5,60)61)54-57(31)16-37(42,43)44)21-8-9-26(52-35(59)62-36(2,3)4)51-30(21)25(12-18-10-19(40)13-20(41)11-18)50-27(58)15-56-33-29(32(53-56)39(47,48)49)23-14-24(23)38(33,45)46/h6-11,13,23-25,27,50,58H,12,14-16H2,1-5H3,(H,54,55)(H,51,52,59)/t23-,24+,25-,27?/m0/s1. The van der Waals surface area contributed by atoms with E-state index in [4.69, 9.17) is 4.74 Å². The van der Waals surface area contributed by atoms with Crippen LogP contribution in [-0.2, 0) is 46.4 Å². The highest BCUT2D eigenvalue weighted by Gasteiger charge is 2.68. The van der Waals surface area contributed by atoms with Crippen LogP contribution in [0.2, 0.25) is 0 Å². The second-order valence-electron chi connectivity index (χ2n) is 16.5. The fourth-order valence-electron chi connectivity index (χ4n) is 7.93. The third-order valence-electron chi connectivity index (χ3n) is 10.2. The molecule has 3 aromatic heterocycles. The van der Waals surface area contributed by atoms with Gasteiger partial charge in [-0.1, -0.05) is 12.1 Å². The van der Waals surface area contributed by atoms with Gasteiger partial charge in [-0.05, 0) is 81.8 Å². The molecule has 0 saturated heterocycles. The van der Waals surface area contributed by atoms with Crippen molar-refractivity contribution in [3.63, 3.8) is 0 Å². The summed E-state index contributed by atoms with van der Waals surface area (Å²) in [5.74, 6) is -9.14. The Morgan fingerprint density at radius 1 is 0.984 bits per heavy atom. The molecule has 1 amide bonds. The first-order valence-corrected chi connectivity index (χ1v) is 20.9. The van der Waals surface area contributed by atoms with E-state index < -0.39 is 118 Å². The summed E-state index contributed by atoms with van der Waals surface area (Å²) in [6.07, 6.45) is -13.2. The van der Waals surface area contributed by atoms with E-state index in [1.54, 1.807) is 20.8 Å². The molecule has 4 atom stereocenters. The molecule has 4 N–H and O–H groups in total. The number of carbonyl (C=O) groups excluding carboxylic acids is 1. The highest BCUT2D eigenvalue weighted by molar-refractivity contribution is 7.92. The van der Waals surface area contributed by atoms with Gasteiger partial charge in [-0.3, -0.25) is 24.7 Å². The van der Waals surface area contributed by atoms with Crippen LogP contribution in [0, 0.1) is 24.5 Å². The minimum absolute atomic E-state index is 0.0900.